The van der Waals surface area contributed by atoms with Gasteiger partial charge in [0.25, 0.3) is 5.91 Å². The van der Waals surface area contributed by atoms with Gasteiger partial charge in [0.05, 0.1) is 5.69 Å². The molecular formula is C13H10FNO4S. The van der Waals surface area contributed by atoms with Crippen molar-refractivity contribution in [3.63, 3.8) is 0 Å². The minimum Gasteiger partial charge on any atom is -0.481 e. The van der Waals surface area contributed by atoms with Gasteiger partial charge in [-0.2, -0.15) is 0 Å². The molecule has 20 heavy (non-hydrogen) atoms. The average molecular weight is 295 g/mol. The maximum Gasteiger partial charge on any atom is 0.348 e. The number of carbonyl (C=O) groups is 2. The number of halogens is 1. The van der Waals surface area contributed by atoms with Crippen LogP contribution in [0.15, 0.2) is 35.7 Å². The second kappa shape index (κ2) is 6.16. The largest absolute Gasteiger partial charge is 0.481 e. The summed E-state index contributed by atoms with van der Waals surface area (Å²) in [6.45, 7) is -0.407. The Kier molecular flexibility index (Phi) is 4.31. The molecule has 0 aliphatic carbocycles. The van der Waals surface area contributed by atoms with Gasteiger partial charge >= 0.3 is 5.97 Å². The number of hydrogen-bond acceptors (Lipinski definition) is 4. The summed E-state index contributed by atoms with van der Waals surface area (Å²) in [6, 6.07) is 7.18. The molecule has 0 radical (unpaired) electrons. The lowest BCUT2D eigenvalue weighted by molar-refractivity contribution is -0.118. The number of benzene rings is 1. The summed E-state index contributed by atoms with van der Waals surface area (Å²) in [5.41, 5.74) is 0.199. The average Bonchev–Trinajstić information content (AvgIpc) is 2.86. The van der Waals surface area contributed by atoms with E-state index in [-0.39, 0.29) is 16.3 Å². The molecule has 1 amide bonds. The van der Waals surface area contributed by atoms with E-state index >= 15 is 0 Å². The van der Waals surface area contributed by atoms with E-state index in [2.05, 4.69) is 5.32 Å². The number of para-hydroxylation sites is 1. The summed E-state index contributed by atoms with van der Waals surface area (Å²) in [5.74, 6) is -2.28. The van der Waals surface area contributed by atoms with Crippen LogP contribution in [-0.4, -0.2) is 23.6 Å². The van der Waals surface area contributed by atoms with Crippen molar-refractivity contribution in [3.8, 4) is 5.75 Å². The van der Waals surface area contributed by atoms with Gasteiger partial charge in [0.15, 0.2) is 18.2 Å². The van der Waals surface area contributed by atoms with E-state index in [1.807, 2.05) is 0 Å². The smallest absolute Gasteiger partial charge is 0.348 e. The maximum atomic E-state index is 13.3. The molecule has 0 fully saturated rings. The Bertz CT molecular complexity index is 641. The lowest BCUT2D eigenvalue weighted by Gasteiger charge is -2.07. The Balaban J connectivity index is 1.95. The van der Waals surface area contributed by atoms with Gasteiger partial charge < -0.3 is 15.2 Å². The lowest BCUT2D eigenvalue weighted by Crippen LogP contribution is -2.21. The summed E-state index contributed by atoms with van der Waals surface area (Å²) >= 11 is 1.00. The fourth-order valence-corrected chi connectivity index (χ4v) is 2.15. The third-order valence-electron chi connectivity index (χ3n) is 2.33. The van der Waals surface area contributed by atoms with Crippen molar-refractivity contribution < 1.29 is 23.8 Å². The molecule has 0 saturated carbocycles. The highest BCUT2D eigenvalue weighted by atomic mass is 32.1. The Morgan fingerprint density at radius 3 is 2.75 bits per heavy atom. The molecule has 2 rings (SSSR count). The van der Waals surface area contributed by atoms with Gasteiger partial charge in [-0.25, -0.2) is 9.18 Å². The number of amides is 1. The van der Waals surface area contributed by atoms with E-state index in [0.717, 1.165) is 11.3 Å². The molecule has 0 spiro atoms. The van der Waals surface area contributed by atoms with E-state index < -0.39 is 24.3 Å². The summed E-state index contributed by atoms with van der Waals surface area (Å²) in [5, 5.41) is 12.8. The van der Waals surface area contributed by atoms with Crippen LogP contribution in [-0.2, 0) is 4.79 Å². The number of thiophene rings is 1. The Morgan fingerprint density at radius 2 is 2.05 bits per heavy atom. The quantitative estimate of drug-likeness (QED) is 0.889. The molecule has 7 heteroatoms. The minimum atomic E-state index is -1.12. The van der Waals surface area contributed by atoms with Crippen LogP contribution in [0.3, 0.4) is 0 Å². The third kappa shape index (κ3) is 3.33. The lowest BCUT2D eigenvalue weighted by atomic mass is 10.3. The molecule has 0 unspecified atom stereocenters. The summed E-state index contributed by atoms with van der Waals surface area (Å²) < 4.78 is 18.3. The maximum absolute atomic E-state index is 13.3. The number of hydrogen-bond donors (Lipinski definition) is 2. The summed E-state index contributed by atoms with van der Waals surface area (Å²) in [6.07, 6.45) is 0. The molecule has 0 bridgehead atoms. The van der Waals surface area contributed by atoms with Gasteiger partial charge in [-0.15, -0.1) is 11.3 Å². The van der Waals surface area contributed by atoms with E-state index in [4.69, 9.17) is 9.84 Å². The fourth-order valence-electron chi connectivity index (χ4n) is 1.46. The highest BCUT2D eigenvalue weighted by molar-refractivity contribution is 7.12. The molecule has 2 N–H and O–H groups in total. The Hall–Kier alpha value is -2.41. The minimum absolute atomic E-state index is 0.0317. The number of nitrogens with one attached hydrogen (secondary N) is 1. The van der Waals surface area contributed by atoms with Gasteiger partial charge in [0, 0.05) is 0 Å². The highest BCUT2D eigenvalue weighted by Gasteiger charge is 2.14. The van der Waals surface area contributed by atoms with Crippen LogP contribution in [0.5, 0.6) is 5.75 Å². The number of ether oxygens (including phenoxy) is 1. The Labute approximate surface area is 117 Å². The van der Waals surface area contributed by atoms with Crippen molar-refractivity contribution in [2.24, 2.45) is 0 Å². The molecule has 0 saturated heterocycles. The fraction of sp³-hybridized carbons (Fsp3) is 0.0769. The SMILES string of the molecule is O=C(COc1ccccc1F)Nc1ccsc1C(=O)O. The van der Waals surface area contributed by atoms with Gasteiger partial charge in [-0.1, -0.05) is 12.1 Å². The highest BCUT2D eigenvalue weighted by Crippen LogP contribution is 2.22. The first-order chi connectivity index (χ1) is 9.58. The zero-order valence-corrected chi connectivity index (χ0v) is 10.9. The van der Waals surface area contributed by atoms with E-state index in [0.29, 0.717) is 0 Å². The monoisotopic (exact) mass is 295 g/mol. The molecule has 2 aromatic rings. The molecule has 104 valence electrons. The molecule has 0 aliphatic heterocycles. The van der Waals surface area contributed by atoms with Crippen LogP contribution < -0.4 is 10.1 Å². The van der Waals surface area contributed by atoms with Gasteiger partial charge in [0.2, 0.25) is 0 Å². The zero-order chi connectivity index (χ0) is 14.5. The zero-order valence-electron chi connectivity index (χ0n) is 10.1. The van der Waals surface area contributed by atoms with Gasteiger partial charge in [0.1, 0.15) is 4.88 Å². The topological polar surface area (TPSA) is 75.6 Å². The van der Waals surface area contributed by atoms with E-state index in [1.165, 1.54) is 24.3 Å². The van der Waals surface area contributed by atoms with Gasteiger partial charge in [-0.3, -0.25) is 4.79 Å². The second-order valence-electron chi connectivity index (χ2n) is 3.74. The molecule has 5 nitrogen and oxygen atoms in total. The van der Waals surface area contributed by atoms with Crippen molar-refractivity contribution in [2.45, 2.75) is 0 Å². The summed E-state index contributed by atoms with van der Waals surface area (Å²) in [7, 11) is 0. The molecule has 0 aliphatic rings. The number of rotatable bonds is 5. The van der Waals surface area contributed by atoms with Crippen LogP contribution in [0.1, 0.15) is 9.67 Å². The van der Waals surface area contributed by atoms with Crippen molar-refractivity contribution in [3.05, 3.63) is 46.4 Å². The number of anilines is 1. The van der Waals surface area contributed by atoms with E-state index in [1.54, 1.807) is 11.4 Å². The van der Waals surface area contributed by atoms with E-state index in [9.17, 15) is 14.0 Å². The summed E-state index contributed by atoms with van der Waals surface area (Å²) in [4.78, 5) is 22.5. The number of carbonyl (C=O) groups excluding carboxylic acids is 1. The molecule has 1 aromatic carbocycles. The van der Waals surface area contributed by atoms with Crippen LogP contribution in [0.4, 0.5) is 10.1 Å². The molecule has 1 aromatic heterocycles. The number of aromatic carboxylic acids is 1. The van der Waals surface area contributed by atoms with Crippen molar-refractivity contribution in [1.29, 1.82) is 0 Å². The first-order valence-electron chi connectivity index (χ1n) is 5.56. The normalized spacial score (nSPS) is 10.1. The predicted molar refractivity (Wildman–Crippen MR) is 71.8 cm³/mol. The standard InChI is InChI=1S/C13H10FNO4S/c14-8-3-1-2-4-10(8)19-7-11(16)15-9-5-6-20-12(9)13(17)18/h1-6H,7H2,(H,15,16)(H,17,18). The van der Waals surface area contributed by atoms with Crippen molar-refractivity contribution in [2.75, 3.05) is 11.9 Å². The van der Waals surface area contributed by atoms with Crippen molar-refractivity contribution in [1.82, 2.24) is 0 Å². The predicted octanol–water partition coefficient (Wildman–Crippen LogP) is 2.60. The second-order valence-corrected chi connectivity index (χ2v) is 4.65. The first-order valence-corrected chi connectivity index (χ1v) is 6.44. The van der Waals surface area contributed by atoms with Gasteiger partial charge in [-0.05, 0) is 23.6 Å². The number of carboxylic acid groups (broad SMARTS) is 1. The van der Waals surface area contributed by atoms with Crippen LogP contribution in [0, 0.1) is 5.82 Å². The third-order valence-corrected chi connectivity index (χ3v) is 3.23. The van der Waals surface area contributed by atoms with Crippen LogP contribution in [0.2, 0.25) is 0 Å². The van der Waals surface area contributed by atoms with Crippen LogP contribution >= 0.6 is 11.3 Å². The molecular weight excluding hydrogens is 285 g/mol. The Morgan fingerprint density at radius 1 is 1.30 bits per heavy atom. The van der Waals surface area contributed by atoms with Crippen LogP contribution in [0.25, 0.3) is 0 Å². The molecule has 0 atom stereocenters. The van der Waals surface area contributed by atoms with Crippen molar-refractivity contribution >= 4 is 28.9 Å². The number of carboxylic acids is 1. The molecule has 1 heterocycles. The first kappa shape index (κ1) is 14.0.